The van der Waals surface area contributed by atoms with Crippen LogP contribution >= 0.6 is 0 Å². The molecule has 0 aliphatic carbocycles. The largest absolute Gasteiger partial charge is 0.496 e. The number of Topliss-reactive ketones (excluding diaryl/α,β-unsaturated/α-hetero) is 1. The van der Waals surface area contributed by atoms with Gasteiger partial charge in [0.05, 0.1) is 12.7 Å². The van der Waals surface area contributed by atoms with Crippen molar-refractivity contribution >= 4 is 5.78 Å². The van der Waals surface area contributed by atoms with Crippen LogP contribution in [-0.4, -0.2) is 19.5 Å². The summed E-state index contributed by atoms with van der Waals surface area (Å²) in [4.78, 5) is 12.0. The molecule has 21 heavy (non-hydrogen) atoms. The second-order valence-electron chi connectivity index (χ2n) is 4.13. The van der Waals surface area contributed by atoms with Gasteiger partial charge in [0, 0.05) is 6.07 Å². The predicted molar refractivity (Wildman–Crippen MR) is 69.1 cm³/mol. The molecular weight excluding hydrogens is 285 g/mol. The third-order valence-electron chi connectivity index (χ3n) is 2.71. The van der Waals surface area contributed by atoms with E-state index in [1.54, 1.807) is 0 Å². The summed E-state index contributed by atoms with van der Waals surface area (Å²) in [6.45, 7) is -0.525. The van der Waals surface area contributed by atoms with Crippen molar-refractivity contribution in [3.63, 3.8) is 0 Å². The first-order chi connectivity index (χ1) is 10.0. The Balaban J connectivity index is 2.13. The van der Waals surface area contributed by atoms with Crippen LogP contribution in [-0.2, 0) is 0 Å². The van der Waals surface area contributed by atoms with Gasteiger partial charge in [0.1, 0.15) is 17.4 Å². The Morgan fingerprint density at radius 3 is 2.24 bits per heavy atom. The van der Waals surface area contributed by atoms with Crippen LogP contribution in [0.15, 0.2) is 36.4 Å². The van der Waals surface area contributed by atoms with Crippen LogP contribution < -0.4 is 9.47 Å². The van der Waals surface area contributed by atoms with Crippen molar-refractivity contribution in [3.8, 4) is 11.5 Å². The molecule has 2 aromatic carbocycles. The van der Waals surface area contributed by atoms with Gasteiger partial charge in [-0.05, 0) is 30.3 Å². The summed E-state index contributed by atoms with van der Waals surface area (Å²) < 4.78 is 49.2. The Morgan fingerprint density at radius 1 is 1.00 bits per heavy atom. The van der Waals surface area contributed by atoms with Crippen molar-refractivity contribution in [1.82, 2.24) is 0 Å². The van der Waals surface area contributed by atoms with E-state index in [2.05, 4.69) is 0 Å². The summed E-state index contributed by atoms with van der Waals surface area (Å²) in [5.41, 5.74) is -0.0139. The van der Waals surface area contributed by atoms with Gasteiger partial charge >= 0.3 is 0 Å². The van der Waals surface area contributed by atoms with Crippen molar-refractivity contribution in [2.75, 3.05) is 13.7 Å². The van der Waals surface area contributed by atoms with Crippen molar-refractivity contribution in [2.45, 2.75) is 0 Å². The number of methoxy groups -OCH3 is 1. The predicted octanol–water partition coefficient (Wildman–Crippen LogP) is 3.37. The normalized spacial score (nSPS) is 10.3. The minimum absolute atomic E-state index is 0.0139. The summed E-state index contributed by atoms with van der Waals surface area (Å²) in [5, 5.41) is 0. The van der Waals surface area contributed by atoms with Crippen LogP contribution in [0.1, 0.15) is 10.4 Å². The van der Waals surface area contributed by atoms with Gasteiger partial charge in [-0.25, -0.2) is 13.2 Å². The summed E-state index contributed by atoms with van der Waals surface area (Å²) in [7, 11) is 1.34. The van der Waals surface area contributed by atoms with Crippen LogP contribution in [0.25, 0.3) is 0 Å². The van der Waals surface area contributed by atoms with Crippen molar-refractivity contribution in [2.24, 2.45) is 0 Å². The first-order valence-electron chi connectivity index (χ1n) is 5.96. The topological polar surface area (TPSA) is 35.5 Å². The van der Waals surface area contributed by atoms with Gasteiger partial charge in [-0.1, -0.05) is 0 Å². The van der Waals surface area contributed by atoms with E-state index in [0.717, 1.165) is 24.3 Å². The highest BCUT2D eigenvalue weighted by molar-refractivity contribution is 5.99. The molecule has 0 bridgehead atoms. The van der Waals surface area contributed by atoms with Crippen LogP contribution in [0, 0.1) is 17.5 Å². The quantitative estimate of drug-likeness (QED) is 0.794. The molecular formula is C15H11F3O3. The lowest BCUT2D eigenvalue weighted by atomic mass is 10.1. The lowest BCUT2D eigenvalue weighted by Gasteiger charge is -2.09. The van der Waals surface area contributed by atoms with Crippen molar-refractivity contribution in [1.29, 1.82) is 0 Å². The summed E-state index contributed by atoms with van der Waals surface area (Å²) >= 11 is 0. The lowest BCUT2D eigenvalue weighted by molar-refractivity contribution is 0.0915. The second kappa shape index (κ2) is 6.30. The molecule has 110 valence electrons. The van der Waals surface area contributed by atoms with E-state index in [9.17, 15) is 18.0 Å². The number of carbonyl (C=O) groups excluding carboxylic acids is 1. The number of hydrogen-bond acceptors (Lipinski definition) is 3. The van der Waals surface area contributed by atoms with Crippen LogP contribution in [0.2, 0.25) is 0 Å². The van der Waals surface area contributed by atoms with Gasteiger partial charge in [0.25, 0.3) is 0 Å². The van der Waals surface area contributed by atoms with Gasteiger partial charge in [-0.2, -0.15) is 0 Å². The zero-order chi connectivity index (χ0) is 15.4. The highest BCUT2D eigenvalue weighted by Gasteiger charge is 2.15. The maximum absolute atomic E-state index is 13.4. The van der Waals surface area contributed by atoms with Crippen LogP contribution in [0.4, 0.5) is 13.2 Å². The molecule has 0 atom stereocenters. The van der Waals surface area contributed by atoms with E-state index in [1.807, 2.05) is 0 Å². The molecule has 2 rings (SSSR count). The minimum atomic E-state index is -0.922. The zero-order valence-electron chi connectivity index (χ0n) is 11.0. The first kappa shape index (κ1) is 14.9. The van der Waals surface area contributed by atoms with Crippen LogP contribution in [0.5, 0.6) is 11.5 Å². The number of ketones is 1. The standard InChI is InChI=1S/C15H11F3O3/c1-20-14-4-2-9(16)6-11(14)13(19)8-21-15-5-3-10(17)7-12(15)18/h2-7H,8H2,1H3. The first-order valence-corrected chi connectivity index (χ1v) is 5.96. The summed E-state index contributed by atoms with van der Waals surface area (Å²) in [6, 6.07) is 6.18. The zero-order valence-corrected chi connectivity index (χ0v) is 11.0. The Kier molecular flexibility index (Phi) is 4.47. The number of benzene rings is 2. The molecule has 0 saturated carbocycles. The highest BCUT2D eigenvalue weighted by atomic mass is 19.1. The molecule has 0 unspecified atom stereocenters. The van der Waals surface area contributed by atoms with Gasteiger partial charge in [-0.3, -0.25) is 4.79 Å². The smallest absolute Gasteiger partial charge is 0.204 e. The molecule has 0 saturated heterocycles. The average molecular weight is 296 g/mol. The van der Waals surface area contributed by atoms with E-state index in [1.165, 1.54) is 13.2 Å². The number of carbonyl (C=O) groups is 1. The molecule has 0 aromatic heterocycles. The molecule has 0 amide bonds. The molecule has 0 aliphatic heterocycles. The lowest BCUT2D eigenvalue weighted by Crippen LogP contribution is -2.13. The fraction of sp³-hybridized carbons (Fsp3) is 0.133. The van der Waals surface area contributed by atoms with E-state index in [-0.39, 0.29) is 17.1 Å². The van der Waals surface area contributed by atoms with Gasteiger partial charge < -0.3 is 9.47 Å². The van der Waals surface area contributed by atoms with E-state index >= 15 is 0 Å². The average Bonchev–Trinajstić information content (AvgIpc) is 2.46. The second-order valence-corrected chi connectivity index (χ2v) is 4.13. The Bertz CT molecular complexity index is 671. The molecule has 0 spiro atoms. The van der Waals surface area contributed by atoms with Crippen molar-refractivity contribution < 1.29 is 27.4 Å². The van der Waals surface area contributed by atoms with Gasteiger partial charge in [0.2, 0.25) is 5.78 Å². The number of halogens is 3. The molecule has 6 heteroatoms. The van der Waals surface area contributed by atoms with Gasteiger partial charge in [0.15, 0.2) is 18.2 Å². The molecule has 0 fully saturated rings. The minimum Gasteiger partial charge on any atom is -0.496 e. The third kappa shape index (κ3) is 3.53. The fourth-order valence-corrected chi connectivity index (χ4v) is 1.71. The maximum atomic E-state index is 13.4. The summed E-state index contributed by atoms with van der Waals surface area (Å²) in [5.74, 6) is -2.95. The number of hydrogen-bond donors (Lipinski definition) is 0. The molecule has 0 heterocycles. The highest BCUT2D eigenvalue weighted by Crippen LogP contribution is 2.21. The molecule has 0 aliphatic rings. The SMILES string of the molecule is COc1ccc(F)cc1C(=O)COc1ccc(F)cc1F. The van der Waals surface area contributed by atoms with E-state index in [4.69, 9.17) is 9.47 Å². The van der Waals surface area contributed by atoms with E-state index < -0.39 is 29.8 Å². The number of ether oxygens (including phenoxy) is 2. The van der Waals surface area contributed by atoms with E-state index in [0.29, 0.717) is 6.07 Å². The summed E-state index contributed by atoms with van der Waals surface area (Å²) in [6.07, 6.45) is 0. The fourth-order valence-electron chi connectivity index (χ4n) is 1.71. The molecule has 0 radical (unpaired) electrons. The third-order valence-corrected chi connectivity index (χ3v) is 2.71. The van der Waals surface area contributed by atoms with Gasteiger partial charge in [-0.15, -0.1) is 0 Å². The molecule has 0 N–H and O–H groups in total. The number of rotatable bonds is 5. The molecule has 2 aromatic rings. The molecule has 3 nitrogen and oxygen atoms in total. The van der Waals surface area contributed by atoms with Crippen molar-refractivity contribution in [3.05, 3.63) is 59.4 Å². The maximum Gasteiger partial charge on any atom is 0.204 e. The Labute approximate surface area is 118 Å². The Morgan fingerprint density at radius 2 is 1.62 bits per heavy atom. The van der Waals surface area contributed by atoms with Crippen LogP contribution in [0.3, 0.4) is 0 Å². The Hall–Kier alpha value is -2.50. The monoisotopic (exact) mass is 296 g/mol.